The van der Waals surface area contributed by atoms with Crippen LogP contribution in [0.4, 0.5) is 4.39 Å². The van der Waals surface area contributed by atoms with Crippen molar-refractivity contribution in [2.75, 3.05) is 0 Å². The summed E-state index contributed by atoms with van der Waals surface area (Å²) in [6.45, 7) is 0. The maximum absolute atomic E-state index is 13.6. The van der Waals surface area contributed by atoms with E-state index in [-0.39, 0.29) is 6.04 Å². The molecule has 0 saturated heterocycles. The molecule has 0 N–H and O–H groups in total. The highest BCUT2D eigenvalue weighted by Gasteiger charge is 2.25. The van der Waals surface area contributed by atoms with E-state index in [0.717, 1.165) is 25.7 Å². The standard InChI is InChI=1S/C19H16FN5O2/c20-19-22-10-14-17(24-25(18(14)23-19)12-5-1-2-6-12)15-9-13(11-26-15)27-16-7-3-4-8-21-16/h3-4,7-12H,1-2,5-6H2. The Balaban J connectivity index is 1.55. The molecule has 1 saturated carbocycles. The van der Waals surface area contributed by atoms with Crippen molar-refractivity contribution in [1.82, 2.24) is 24.7 Å². The first-order chi connectivity index (χ1) is 13.3. The molecule has 1 fully saturated rings. The van der Waals surface area contributed by atoms with Crippen LogP contribution >= 0.6 is 0 Å². The third kappa shape index (κ3) is 2.92. The van der Waals surface area contributed by atoms with Gasteiger partial charge in [-0.15, -0.1) is 0 Å². The molecule has 0 atom stereocenters. The fourth-order valence-electron chi connectivity index (χ4n) is 3.51. The summed E-state index contributed by atoms with van der Waals surface area (Å²) in [5.74, 6) is 1.49. The summed E-state index contributed by atoms with van der Waals surface area (Å²) >= 11 is 0. The zero-order chi connectivity index (χ0) is 18.2. The number of aromatic nitrogens is 5. The van der Waals surface area contributed by atoms with Gasteiger partial charge in [0.2, 0.25) is 5.88 Å². The SMILES string of the molecule is Fc1ncc2c(-c3cc(Oc4ccccn4)co3)nn(C3CCCC3)c2n1. The number of halogens is 1. The molecule has 7 nitrogen and oxygen atoms in total. The Morgan fingerprint density at radius 1 is 1.19 bits per heavy atom. The van der Waals surface area contributed by atoms with Gasteiger partial charge in [0.1, 0.15) is 12.0 Å². The van der Waals surface area contributed by atoms with Crippen LogP contribution in [-0.4, -0.2) is 24.7 Å². The molecule has 4 aromatic rings. The Bertz CT molecular complexity index is 1090. The van der Waals surface area contributed by atoms with Gasteiger partial charge in [0, 0.05) is 24.5 Å². The summed E-state index contributed by atoms with van der Waals surface area (Å²) in [6, 6.07) is 7.36. The normalized spacial score (nSPS) is 14.9. The molecule has 8 heteroatoms. The Hall–Kier alpha value is -3.29. The third-order valence-corrected chi connectivity index (χ3v) is 4.76. The van der Waals surface area contributed by atoms with Crippen molar-refractivity contribution in [1.29, 1.82) is 0 Å². The van der Waals surface area contributed by atoms with Gasteiger partial charge in [-0.25, -0.2) is 14.6 Å². The van der Waals surface area contributed by atoms with Crippen molar-refractivity contribution in [3.63, 3.8) is 0 Å². The zero-order valence-corrected chi connectivity index (χ0v) is 14.4. The van der Waals surface area contributed by atoms with Crippen LogP contribution in [0.15, 0.2) is 47.3 Å². The fraction of sp³-hybridized carbons (Fsp3) is 0.263. The van der Waals surface area contributed by atoms with Gasteiger partial charge in [0.15, 0.2) is 17.2 Å². The average molecular weight is 365 g/mol. The van der Waals surface area contributed by atoms with Gasteiger partial charge >= 0.3 is 6.08 Å². The summed E-state index contributed by atoms with van der Waals surface area (Å²) in [7, 11) is 0. The van der Waals surface area contributed by atoms with Crippen molar-refractivity contribution >= 4 is 11.0 Å². The van der Waals surface area contributed by atoms with Crippen LogP contribution in [-0.2, 0) is 0 Å². The van der Waals surface area contributed by atoms with Crippen LogP contribution in [0.25, 0.3) is 22.5 Å². The lowest BCUT2D eigenvalue weighted by molar-refractivity contribution is 0.450. The summed E-state index contributed by atoms with van der Waals surface area (Å²) in [4.78, 5) is 11.8. The van der Waals surface area contributed by atoms with Gasteiger partial charge in [-0.2, -0.15) is 14.5 Å². The zero-order valence-electron chi connectivity index (χ0n) is 14.4. The summed E-state index contributed by atoms with van der Waals surface area (Å²) in [5.41, 5.74) is 1.07. The number of pyridine rings is 1. The molecule has 0 aliphatic heterocycles. The molecule has 4 heterocycles. The van der Waals surface area contributed by atoms with E-state index in [2.05, 4.69) is 20.1 Å². The van der Waals surface area contributed by atoms with Crippen LogP contribution in [0.2, 0.25) is 0 Å². The van der Waals surface area contributed by atoms with Gasteiger partial charge < -0.3 is 9.15 Å². The molecule has 5 rings (SSSR count). The van der Waals surface area contributed by atoms with E-state index in [1.54, 1.807) is 18.3 Å². The van der Waals surface area contributed by atoms with E-state index in [0.29, 0.717) is 34.1 Å². The van der Waals surface area contributed by atoms with Crippen molar-refractivity contribution in [3.8, 4) is 23.1 Å². The number of fused-ring (bicyclic) bond motifs is 1. The minimum Gasteiger partial charge on any atom is -0.459 e. The maximum atomic E-state index is 13.6. The predicted octanol–water partition coefficient (Wildman–Crippen LogP) is 4.53. The molecule has 27 heavy (non-hydrogen) atoms. The highest BCUT2D eigenvalue weighted by molar-refractivity contribution is 5.89. The third-order valence-electron chi connectivity index (χ3n) is 4.76. The summed E-state index contributed by atoms with van der Waals surface area (Å²) in [5, 5.41) is 5.34. The largest absolute Gasteiger partial charge is 0.459 e. The molecule has 0 bridgehead atoms. The number of nitrogens with zero attached hydrogens (tertiary/aromatic N) is 5. The lowest BCUT2D eigenvalue weighted by Crippen LogP contribution is -2.08. The molecule has 0 unspecified atom stereocenters. The Morgan fingerprint density at radius 2 is 2.07 bits per heavy atom. The van der Waals surface area contributed by atoms with E-state index >= 15 is 0 Å². The lowest BCUT2D eigenvalue weighted by atomic mass is 10.2. The molecule has 4 aromatic heterocycles. The average Bonchev–Trinajstić information content (AvgIpc) is 3.41. The minimum atomic E-state index is -0.758. The van der Waals surface area contributed by atoms with Crippen LogP contribution in [0.5, 0.6) is 11.6 Å². The highest BCUT2D eigenvalue weighted by Crippen LogP contribution is 2.36. The molecular formula is C19H16FN5O2. The molecule has 0 spiro atoms. The van der Waals surface area contributed by atoms with Crippen molar-refractivity contribution in [3.05, 3.63) is 49.0 Å². The van der Waals surface area contributed by atoms with Gasteiger partial charge in [0.05, 0.1) is 11.4 Å². The first-order valence-corrected chi connectivity index (χ1v) is 8.86. The van der Waals surface area contributed by atoms with Gasteiger partial charge in [-0.1, -0.05) is 18.9 Å². The molecule has 0 amide bonds. The van der Waals surface area contributed by atoms with Gasteiger partial charge in [-0.05, 0) is 18.9 Å². The van der Waals surface area contributed by atoms with E-state index in [1.165, 1.54) is 12.5 Å². The summed E-state index contributed by atoms with van der Waals surface area (Å²) in [6.07, 6.45) is 8.13. The van der Waals surface area contributed by atoms with Crippen molar-refractivity contribution in [2.24, 2.45) is 0 Å². The van der Waals surface area contributed by atoms with Crippen LogP contribution < -0.4 is 4.74 Å². The Labute approximate surface area is 153 Å². The second-order valence-electron chi connectivity index (χ2n) is 6.52. The number of hydrogen-bond acceptors (Lipinski definition) is 6. The molecule has 136 valence electrons. The highest BCUT2D eigenvalue weighted by atomic mass is 19.1. The van der Waals surface area contributed by atoms with Gasteiger partial charge in [-0.3, -0.25) is 0 Å². The molecule has 1 aliphatic carbocycles. The number of hydrogen-bond donors (Lipinski definition) is 0. The quantitative estimate of drug-likeness (QED) is 0.495. The second-order valence-corrected chi connectivity index (χ2v) is 6.52. The van der Waals surface area contributed by atoms with Crippen LogP contribution in [0, 0.1) is 6.08 Å². The van der Waals surface area contributed by atoms with E-state index in [9.17, 15) is 4.39 Å². The first kappa shape index (κ1) is 15.9. The topological polar surface area (TPSA) is 78.9 Å². The Kier molecular flexibility index (Phi) is 3.81. The van der Waals surface area contributed by atoms with Crippen molar-refractivity contribution in [2.45, 2.75) is 31.7 Å². The van der Waals surface area contributed by atoms with E-state index in [4.69, 9.17) is 9.15 Å². The van der Waals surface area contributed by atoms with Crippen molar-refractivity contribution < 1.29 is 13.5 Å². The maximum Gasteiger partial charge on any atom is 0.310 e. The Morgan fingerprint density at radius 3 is 2.89 bits per heavy atom. The van der Waals surface area contributed by atoms with Crippen LogP contribution in [0.3, 0.4) is 0 Å². The van der Waals surface area contributed by atoms with E-state index in [1.807, 2.05) is 16.8 Å². The van der Waals surface area contributed by atoms with E-state index < -0.39 is 6.08 Å². The van der Waals surface area contributed by atoms with Gasteiger partial charge in [0.25, 0.3) is 0 Å². The van der Waals surface area contributed by atoms with Crippen LogP contribution in [0.1, 0.15) is 31.7 Å². The predicted molar refractivity (Wildman–Crippen MR) is 94.8 cm³/mol. The minimum absolute atomic E-state index is 0.217. The lowest BCUT2D eigenvalue weighted by Gasteiger charge is -2.09. The first-order valence-electron chi connectivity index (χ1n) is 8.86. The summed E-state index contributed by atoms with van der Waals surface area (Å²) < 4.78 is 26.8. The molecule has 0 aromatic carbocycles. The second kappa shape index (κ2) is 6.46. The number of furan rings is 1. The monoisotopic (exact) mass is 365 g/mol. The number of ether oxygens (including phenoxy) is 1. The smallest absolute Gasteiger partial charge is 0.310 e. The molecule has 1 aliphatic rings. The molecule has 0 radical (unpaired) electrons. The fourth-order valence-corrected chi connectivity index (χ4v) is 3.51. The molecular weight excluding hydrogens is 349 g/mol. The number of rotatable bonds is 4.